The predicted octanol–water partition coefficient (Wildman–Crippen LogP) is 3.15. The number of aromatic amines is 1. The van der Waals surface area contributed by atoms with Crippen LogP contribution in [0.4, 0.5) is 0 Å². The number of hydrogen-bond donors (Lipinski definition) is 1. The van der Waals surface area contributed by atoms with Crippen molar-refractivity contribution in [1.82, 2.24) is 4.98 Å². The van der Waals surface area contributed by atoms with Gasteiger partial charge in [-0.25, -0.2) is 4.79 Å². The Balaban J connectivity index is 1.68. The number of carbonyl (C=O) groups excluding carboxylic acids is 1. The standard InChI is InChI=1S/C17H25NO4/c1-11(15-12(2)14(10-18-15)16(19)20-3)13-4-6-17(7-5-13)21-8-9-22-17/h10-11,13,18H,4-9H2,1-3H3/t11-/m1/s1. The van der Waals surface area contributed by atoms with Crippen LogP contribution < -0.4 is 0 Å². The van der Waals surface area contributed by atoms with Crippen LogP contribution in [-0.4, -0.2) is 37.1 Å². The lowest BCUT2D eigenvalue weighted by Crippen LogP contribution is -2.36. The maximum atomic E-state index is 11.7. The summed E-state index contributed by atoms with van der Waals surface area (Å²) in [5, 5.41) is 0. The van der Waals surface area contributed by atoms with Crippen LogP contribution in [0.1, 0.15) is 60.1 Å². The molecular weight excluding hydrogens is 282 g/mol. The Morgan fingerprint density at radius 1 is 1.36 bits per heavy atom. The Morgan fingerprint density at radius 3 is 2.59 bits per heavy atom. The van der Waals surface area contributed by atoms with Crippen molar-refractivity contribution in [2.45, 2.75) is 51.2 Å². The van der Waals surface area contributed by atoms with Gasteiger partial charge in [0, 0.05) is 24.7 Å². The fourth-order valence-electron chi connectivity index (χ4n) is 3.91. The van der Waals surface area contributed by atoms with Crippen LogP contribution >= 0.6 is 0 Å². The van der Waals surface area contributed by atoms with Crippen LogP contribution in [0.3, 0.4) is 0 Å². The maximum Gasteiger partial charge on any atom is 0.339 e. The third kappa shape index (κ3) is 2.68. The smallest absolute Gasteiger partial charge is 0.339 e. The molecule has 122 valence electrons. The average molecular weight is 307 g/mol. The number of carbonyl (C=O) groups is 1. The Labute approximate surface area is 131 Å². The van der Waals surface area contributed by atoms with Crippen LogP contribution in [0.25, 0.3) is 0 Å². The van der Waals surface area contributed by atoms with Crippen molar-refractivity contribution in [3.63, 3.8) is 0 Å². The molecule has 2 fully saturated rings. The van der Waals surface area contributed by atoms with Gasteiger partial charge in [-0.3, -0.25) is 0 Å². The molecule has 0 amide bonds. The Bertz CT molecular complexity index is 535. The minimum Gasteiger partial charge on any atom is -0.465 e. The average Bonchev–Trinajstić information content (AvgIpc) is 3.14. The van der Waals surface area contributed by atoms with E-state index in [1.807, 2.05) is 6.92 Å². The lowest BCUT2D eigenvalue weighted by Gasteiger charge is -2.37. The van der Waals surface area contributed by atoms with E-state index in [1.165, 1.54) is 7.11 Å². The van der Waals surface area contributed by atoms with E-state index in [9.17, 15) is 4.79 Å². The van der Waals surface area contributed by atoms with Gasteiger partial charge in [-0.1, -0.05) is 6.92 Å². The normalized spacial score (nSPS) is 22.9. The van der Waals surface area contributed by atoms with E-state index in [2.05, 4.69) is 11.9 Å². The van der Waals surface area contributed by atoms with E-state index in [1.54, 1.807) is 6.20 Å². The molecule has 1 saturated heterocycles. The highest BCUT2D eigenvalue weighted by atomic mass is 16.7. The van der Waals surface area contributed by atoms with Crippen molar-refractivity contribution >= 4 is 5.97 Å². The molecule has 5 nitrogen and oxygen atoms in total. The number of ether oxygens (including phenoxy) is 3. The summed E-state index contributed by atoms with van der Waals surface area (Å²) >= 11 is 0. The lowest BCUT2D eigenvalue weighted by atomic mass is 9.76. The molecule has 0 radical (unpaired) electrons. The van der Waals surface area contributed by atoms with Crippen LogP contribution in [-0.2, 0) is 14.2 Å². The van der Waals surface area contributed by atoms with Crippen molar-refractivity contribution in [2.75, 3.05) is 20.3 Å². The number of rotatable bonds is 3. The van der Waals surface area contributed by atoms with Crippen molar-refractivity contribution in [3.05, 3.63) is 23.0 Å². The van der Waals surface area contributed by atoms with Crippen molar-refractivity contribution < 1.29 is 19.0 Å². The summed E-state index contributed by atoms with van der Waals surface area (Å²) in [5.74, 6) is 0.388. The molecule has 5 heteroatoms. The molecule has 2 heterocycles. The molecule has 1 aliphatic carbocycles. The fraction of sp³-hybridized carbons (Fsp3) is 0.706. The first-order valence-electron chi connectivity index (χ1n) is 8.10. The number of hydrogen-bond acceptors (Lipinski definition) is 4. The zero-order valence-electron chi connectivity index (χ0n) is 13.6. The minimum absolute atomic E-state index is 0.275. The van der Waals surface area contributed by atoms with Gasteiger partial charge in [0.1, 0.15) is 0 Å². The van der Waals surface area contributed by atoms with E-state index < -0.39 is 0 Å². The van der Waals surface area contributed by atoms with E-state index >= 15 is 0 Å². The largest absolute Gasteiger partial charge is 0.465 e. The second-order valence-corrected chi connectivity index (χ2v) is 6.47. The summed E-state index contributed by atoms with van der Waals surface area (Å²) in [6, 6.07) is 0. The summed E-state index contributed by atoms with van der Waals surface area (Å²) in [5.41, 5.74) is 2.79. The van der Waals surface area contributed by atoms with Gasteiger partial charge in [0.15, 0.2) is 5.79 Å². The zero-order chi connectivity index (χ0) is 15.7. The molecule has 1 atom stereocenters. The highest BCUT2D eigenvalue weighted by molar-refractivity contribution is 5.91. The quantitative estimate of drug-likeness (QED) is 0.872. The topological polar surface area (TPSA) is 60.6 Å². The lowest BCUT2D eigenvalue weighted by molar-refractivity contribution is -0.183. The van der Waals surface area contributed by atoms with E-state index in [0.29, 0.717) is 17.4 Å². The second kappa shape index (κ2) is 6.05. The van der Waals surface area contributed by atoms with Gasteiger partial charge >= 0.3 is 5.97 Å². The van der Waals surface area contributed by atoms with E-state index in [0.717, 1.165) is 50.2 Å². The van der Waals surface area contributed by atoms with Crippen molar-refractivity contribution in [1.29, 1.82) is 0 Å². The maximum absolute atomic E-state index is 11.7. The first-order valence-corrected chi connectivity index (χ1v) is 8.10. The molecule has 1 N–H and O–H groups in total. The molecule has 1 saturated carbocycles. The molecule has 1 aliphatic heterocycles. The van der Waals surface area contributed by atoms with Crippen molar-refractivity contribution in [3.8, 4) is 0 Å². The summed E-state index contributed by atoms with van der Waals surface area (Å²) < 4.78 is 16.4. The molecule has 1 aromatic heterocycles. The van der Waals surface area contributed by atoms with Gasteiger partial charge < -0.3 is 19.2 Å². The first kappa shape index (κ1) is 15.6. The second-order valence-electron chi connectivity index (χ2n) is 6.47. The van der Waals surface area contributed by atoms with Gasteiger partial charge in [0.05, 0.1) is 25.9 Å². The van der Waals surface area contributed by atoms with Crippen LogP contribution in [0.15, 0.2) is 6.20 Å². The molecule has 0 unspecified atom stereocenters. The highest BCUT2D eigenvalue weighted by Gasteiger charge is 2.41. The van der Waals surface area contributed by atoms with Gasteiger partial charge in [-0.2, -0.15) is 0 Å². The summed E-state index contributed by atoms with van der Waals surface area (Å²) in [6.45, 7) is 5.66. The first-order chi connectivity index (χ1) is 10.6. The van der Waals surface area contributed by atoms with E-state index in [-0.39, 0.29) is 11.8 Å². The molecule has 3 rings (SSSR count). The Morgan fingerprint density at radius 2 is 2.00 bits per heavy atom. The van der Waals surface area contributed by atoms with Crippen molar-refractivity contribution in [2.24, 2.45) is 5.92 Å². The van der Waals surface area contributed by atoms with Gasteiger partial charge in [0.25, 0.3) is 0 Å². The van der Waals surface area contributed by atoms with Crippen LogP contribution in [0, 0.1) is 12.8 Å². The number of nitrogens with one attached hydrogen (secondary N) is 1. The predicted molar refractivity (Wildman–Crippen MR) is 81.9 cm³/mol. The summed E-state index contributed by atoms with van der Waals surface area (Å²) in [4.78, 5) is 15.0. The molecule has 2 aliphatic rings. The molecule has 1 aromatic rings. The third-order valence-corrected chi connectivity index (χ3v) is 5.35. The highest BCUT2D eigenvalue weighted by Crippen LogP contribution is 2.43. The minimum atomic E-state index is -0.307. The van der Waals surface area contributed by atoms with E-state index in [4.69, 9.17) is 14.2 Å². The molecular formula is C17H25NO4. The number of H-pyrrole nitrogens is 1. The van der Waals surface area contributed by atoms with Crippen LogP contribution in [0.5, 0.6) is 0 Å². The molecule has 22 heavy (non-hydrogen) atoms. The van der Waals surface area contributed by atoms with Gasteiger partial charge in [-0.15, -0.1) is 0 Å². The fourth-order valence-corrected chi connectivity index (χ4v) is 3.91. The summed E-state index contributed by atoms with van der Waals surface area (Å²) in [7, 11) is 1.42. The summed E-state index contributed by atoms with van der Waals surface area (Å²) in [6.07, 6.45) is 5.87. The molecule has 0 aromatic carbocycles. The number of methoxy groups -OCH3 is 1. The number of aromatic nitrogens is 1. The monoisotopic (exact) mass is 307 g/mol. The zero-order valence-corrected chi connectivity index (χ0v) is 13.6. The molecule has 1 spiro atoms. The SMILES string of the molecule is COC(=O)c1c[nH]c([C@H](C)C2CCC3(CC2)OCCO3)c1C. The Hall–Kier alpha value is -1.33. The number of esters is 1. The van der Waals surface area contributed by atoms with Gasteiger partial charge in [0.2, 0.25) is 0 Å². The Kier molecular flexibility index (Phi) is 4.28. The van der Waals surface area contributed by atoms with Gasteiger partial charge in [-0.05, 0) is 37.2 Å². The third-order valence-electron chi connectivity index (χ3n) is 5.35. The van der Waals surface area contributed by atoms with Crippen LogP contribution in [0.2, 0.25) is 0 Å². The molecule has 0 bridgehead atoms.